The van der Waals surface area contributed by atoms with Crippen molar-refractivity contribution in [3.05, 3.63) is 66.2 Å². The molecule has 4 aromatic rings. The topological polar surface area (TPSA) is 61.2 Å². The lowest BCUT2D eigenvalue weighted by molar-refractivity contribution is 0.176. The first-order valence-corrected chi connectivity index (χ1v) is 9.12. The molecule has 0 aliphatic rings. The SMILES string of the molecule is COCc1nc2nc(-c3ccccc3)c(Nc3ccc(F)c(OC)c3)cc2n1C. The van der Waals surface area contributed by atoms with Gasteiger partial charge < -0.3 is 19.4 Å². The summed E-state index contributed by atoms with van der Waals surface area (Å²) in [5.74, 6) is 0.550. The first-order valence-electron chi connectivity index (χ1n) is 9.12. The third kappa shape index (κ3) is 3.64. The number of pyridine rings is 1. The number of nitrogens with one attached hydrogen (secondary N) is 1. The summed E-state index contributed by atoms with van der Waals surface area (Å²) in [7, 11) is 5.01. The van der Waals surface area contributed by atoms with Gasteiger partial charge >= 0.3 is 0 Å². The molecule has 2 aromatic carbocycles. The molecule has 0 unspecified atom stereocenters. The van der Waals surface area contributed by atoms with Crippen molar-refractivity contribution in [1.29, 1.82) is 0 Å². The van der Waals surface area contributed by atoms with E-state index in [1.54, 1.807) is 19.2 Å². The van der Waals surface area contributed by atoms with Crippen LogP contribution in [0.5, 0.6) is 5.75 Å². The van der Waals surface area contributed by atoms with Gasteiger partial charge in [-0.15, -0.1) is 0 Å². The molecule has 0 spiro atoms. The lowest BCUT2D eigenvalue weighted by atomic mass is 10.1. The van der Waals surface area contributed by atoms with E-state index in [4.69, 9.17) is 14.5 Å². The predicted octanol–water partition coefficient (Wildman–Crippen LogP) is 4.67. The van der Waals surface area contributed by atoms with E-state index in [0.717, 1.165) is 28.3 Å². The number of imidazole rings is 1. The molecule has 0 radical (unpaired) electrons. The van der Waals surface area contributed by atoms with Gasteiger partial charge in [-0.2, -0.15) is 0 Å². The first kappa shape index (κ1) is 18.9. The Hall–Kier alpha value is -3.45. The number of ether oxygens (including phenoxy) is 2. The number of methoxy groups -OCH3 is 2. The largest absolute Gasteiger partial charge is 0.494 e. The van der Waals surface area contributed by atoms with Gasteiger partial charge in [0.15, 0.2) is 17.2 Å². The van der Waals surface area contributed by atoms with Crippen molar-refractivity contribution in [3.63, 3.8) is 0 Å². The summed E-state index contributed by atoms with van der Waals surface area (Å²) in [6.45, 7) is 0.394. The van der Waals surface area contributed by atoms with Gasteiger partial charge in [0.2, 0.25) is 0 Å². The van der Waals surface area contributed by atoms with Crippen LogP contribution >= 0.6 is 0 Å². The van der Waals surface area contributed by atoms with Crippen LogP contribution in [0.4, 0.5) is 15.8 Å². The zero-order valence-electron chi connectivity index (χ0n) is 16.4. The van der Waals surface area contributed by atoms with E-state index >= 15 is 0 Å². The van der Waals surface area contributed by atoms with Crippen LogP contribution in [0, 0.1) is 5.82 Å². The number of aromatic nitrogens is 3. The minimum Gasteiger partial charge on any atom is -0.494 e. The molecule has 0 bridgehead atoms. The summed E-state index contributed by atoms with van der Waals surface area (Å²) in [5, 5.41) is 3.35. The highest BCUT2D eigenvalue weighted by atomic mass is 19.1. The van der Waals surface area contributed by atoms with Gasteiger partial charge in [-0.05, 0) is 18.2 Å². The molecule has 6 nitrogen and oxygen atoms in total. The molecule has 0 saturated heterocycles. The average molecular weight is 392 g/mol. The number of hydrogen-bond donors (Lipinski definition) is 1. The maximum Gasteiger partial charge on any atom is 0.178 e. The first-order chi connectivity index (χ1) is 14.1. The van der Waals surface area contributed by atoms with Gasteiger partial charge in [-0.3, -0.25) is 0 Å². The van der Waals surface area contributed by atoms with Crippen LogP contribution in [0.2, 0.25) is 0 Å². The Morgan fingerprint density at radius 2 is 1.83 bits per heavy atom. The quantitative estimate of drug-likeness (QED) is 0.517. The second-order valence-electron chi connectivity index (χ2n) is 6.59. The van der Waals surface area contributed by atoms with Crippen LogP contribution in [-0.2, 0) is 18.4 Å². The molecular weight excluding hydrogens is 371 g/mol. The van der Waals surface area contributed by atoms with Gasteiger partial charge in [0.25, 0.3) is 0 Å². The number of anilines is 2. The highest BCUT2D eigenvalue weighted by Crippen LogP contribution is 2.33. The molecule has 0 fully saturated rings. The van der Waals surface area contributed by atoms with Crippen LogP contribution < -0.4 is 10.1 Å². The van der Waals surface area contributed by atoms with E-state index in [-0.39, 0.29) is 5.75 Å². The second-order valence-corrected chi connectivity index (χ2v) is 6.59. The standard InChI is InChI=1S/C22H21FN4O2/c1-27-18-12-17(24-15-9-10-16(23)19(11-15)29-3)21(14-7-5-4-6-8-14)26-22(18)25-20(27)13-28-2/h4-12,24H,13H2,1-3H3. The van der Waals surface area contributed by atoms with E-state index in [1.165, 1.54) is 13.2 Å². The normalized spacial score (nSPS) is 11.0. The highest BCUT2D eigenvalue weighted by molar-refractivity contribution is 5.87. The lowest BCUT2D eigenvalue weighted by Crippen LogP contribution is -2.00. The third-order valence-corrected chi connectivity index (χ3v) is 4.72. The fourth-order valence-electron chi connectivity index (χ4n) is 3.22. The number of benzene rings is 2. The summed E-state index contributed by atoms with van der Waals surface area (Å²) in [6, 6.07) is 16.5. The maximum atomic E-state index is 13.8. The smallest absolute Gasteiger partial charge is 0.178 e. The maximum absolute atomic E-state index is 13.8. The third-order valence-electron chi connectivity index (χ3n) is 4.72. The molecule has 0 aliphatic carbocycles. The molecule has 0 saturated carbocycles. The number of nitrogens with zero attached hydrogens (tertiary/aromatic N) is 3. The van der Waals surface area contributed by atoms with Crippen molar-refractivity contribution in [2.75, 3.05) is 19.5 Å². The molecule has 7 heteroatoms. The van der Waals surface area contributed by atoms with Crippen LogP contribution in [0.25, 0.3) is 22.4 Å². The van der Waals surface area contributed by atoms with E-state index in [1.807, 2.05) is 48.0 Å². The van der Waals surface area contributed by atoms with Crippen molar-refractivity contribution in [2.24, 2.45) is 7.05 Å². The monoisotopic (exact) mass is 392 g/mol. The summed E-state index contributed by atoms with van der Waals surface area (Å²) in [6.07, 6.45) is 0. The molecule has 0 aliphatic heterocycles. The summed E-state index contributed by atoms with van der Waals surface area (Å²) >= 11 is 0. The molecule has 1 N–H and O–H groups in total. The van der Waals surface area contributed by atoms with Crippen molar-refractivity contribution >= 4 is 22.5 Å². The van der Waals surface area contributed by atoms with Crippen molar-refractivity contribution < 1.29 is 13.9 Å². The van der Waals surface area contributed by atoms with E-state index in [0.29, 0.717) is 17.9 Å². The summed E-state index contributed by atoms with van der Waals surface area (Å²) in [4.78, 5) is 9.41. The molecule has 2 heterocycles. The van der Waals surface area contributed by atoms with Gasteiger partial charge in [-0.1, -0.05) is 30.3 Å². The van der Waals surface area contributed by atoms with E-state index in [2.05, 4.69) is 10.3 Å². The molecular formula is C22H21FN4O2. The Bertz CT molecular complexity index is 1160. The highest BCUT2D eigenvalue weighted by Gasteiger charge is 2.16. The predicted molar refractivity (Wildman–Crippen MR) is 111 cm³/mol. The van der Waals surface area contributed by atoms with Gasteiger partial charge in [-0.25, -0.2) is 14.4 Å². The Morgan fingerprint density at radius 3 is 2.55 bits per heavy atom. The second kappa shape index (κ2) is 7.89. The summed E-state index contributed by atoms with van der Waals surface area (Å²) < 4.78 is 26.1. The van der Waals surface area contributed by atoms with E-state index < -0.39 is 5.82 Å². The molecule has 0 atom stereocenters. The molecule has 4 rings (SSSR count). The van der Waals surface area contributed by atoms with Gasteiger partial charge in [0.1, 0.15) is 12.4 Å². The van der Waals surface area contributed by atoms with Crippen LogP contribution in [0.1, 0.15) is 5.82 Å². The Morgan fingerprint density at radius 1 is 1.03 bits per heavy atom. The van der Waals surface area contributed by atoms with Crippen LogP contribution in [0.15, 0.2) is 54.6 Å². The minimum atomic E-state index is -0.411. The van der Waals surface area contributed by atoms with Crippen molar-refractivity contribution in [3.8, 4) is 17.0 Å². The number of fused-ring (bicyclic) bond motifs is 1. The van der Waals surface area contributed by atoms with Crippen molar-refractivity contribution in [2.45, 2.75) is 6.61 Å². The van der Waals surface area contributed by atoms with Crippen LogP contribution in [-0.4, -0.2) is 28.8 Å². The number of aryl methyl sites for hydroxylation is 1. The van der Waals surface area contributed by atoms with Crippen LogP contribution in [0.3, 0.4) is 0 Å². The fourth-order valence-corrected chi connectivity index (χ4v) is 3.22. The number of rotatable bonds is 6. The van der Waals surface area contributed by atoms with Crippen molar-refractivity contribution in [1.82, 2.24) is 14.5 Å². The molecule has 0 amide bonds. The Balaban J connectivity index is 1.87. The van der Waals surface area contributed by atoms with E-state index in [9.17, 15) is 4.39 Å². The number of halogens is 1. The Kier molecular flexibility index (Phi) is 5.14. The zero-order chi connectivity index (χ0) is 20.4. The zero-order valence-corrected chi connectivity index (χ0v) is 16.4. The molecule has 2 aromatic heterocycles. The lowest BCUT2D eigenvalue weighted by Gasteiger charge is -2.13. The minimum absolute atomic E-state index is 0.174. The number of hydrogen-bond acceptors (Lipinski definition) is 5. The van der Waals surface area contributed by atoms with Gasteiger partial charge in [0, 0.05) is 31.5 Å². The molecule has 29 heavy (non-hydrogen) atoms. The van der Waals surface area contributed by atoms with Gasteiger partial charge in [0.05, 0.1) is 24.0 Å². The average Bonchev–Trinajstić information content (AvgIpc) is 3.04. The Labute approximate surface area is 167 Å². The summed E-state index contributed by atoms with van der Waals surface area (Å²) in [5.41, 5.74) is 4.69. The molecule has 148 valence electrons. The fraction of sp³-hybridized carbons (Fsp3) is 0.182.